The Hall–Kier alpha value is -3.50. The largest absolute Gasteiger partial charge is 0.460 e. The lowest BCUT2D eigenvalue weighted by Gasteiger charge is -2.37. The SMILES string of the molecule is N#Cc1ccc(N2CCN(C(F)(F)F)CC2)cc1NC(c1ccccc1)c1ccccc1. The van der Waals surface area contributed by atoms with Gasteiger partial charge in [-0.1, -0.05) is 60.7 Å². The van der Waals surface area contributed by atoms with Gasteiger partial charge in [-0.05, 0) is 29.3 Å². The first-order valence-corrected chi connectivity index (χ1v) is 10.4. The van der Waals surface area contributed by atoms with E-state index in [1.807, 2.05) is 71.6 Å². The molecule has 32 heavy (non-hydrogen) atoms. The number of nitrogens with one attached hydrogen (secondary N) is 1. The second-order valence-corrected chi connectivity index (χ2v) is 7.68. The lowest BCUT2D eigenvalue weighted by atomic mass is 9.98. The zero-order valence-corrected chi connectivity index (χ0v) is 17.4. The van der Waals surface area contributed by atoms with Gasteiger partial charge in [0.2, 0.25) is 0 Å². The summed E-state index contributed by atoms with van der Waals surface area (Å²) in [6.45, 7) is 0.378. The summed E-state index contributed by atoms with van der Waals surface area (Å²) in [5, 5.41) is 13.2. The molecule has 0 atom stereocenters. The molecule has 0 aromatic heterocycles. The summed E-state index contributed by atoms with van der Waals surface area (Å²) in [4.78, 5) is 2.46. The minimum absolute atomic E-state index is 0.0804. The predicted molar refractivity (Wildman–Crippen MR) is 119 cm³/mol. The van der Waals surface area contributed by atoms with Crippen LogP contribution >= 0.6 is 0 Å². The van der Waals surface area contributed by atoms with Gasteiger partial charge in [0, 0.05) is 31.9 Å². The first-order chi connectivity index (χ1) is 15.5. The average molecular weight is 436 g/mol. The van der Waals surface area contributed by atoms with E-state index >= 15 is 0 Å². The molecule has 0 radical (unpaired) electrons. The van der Waals surface area contributed by atoms with Crippen molar-refractivity contribution in [1.82, 2.24) is 4.90 Å². The molecule has 0 bridgehead atoms. The van der Waals surface area contributed by atoms with Gasteiger partial charge in [0.25, 0.3) is 0 Å². The van der Waals surface area contributed by atoms with Gasteiger partial charge in [0.05, 0.1) is 17.3 Å². The fourth-order valence-electron chi connectivity index (χ4n) is 3.97. The number of rotatable bonds is 5. The maximum atomic E-state index is 13.0. The first kappa shape index (κ1) is 21.7. The molecule has 1 aliphatic heterocycles. The highest BCUT2D eigenvalue weighted by Crippen LogP contribution is 2.32. The van der Waals surface area contributed by atoms with Crippen molar-refractivity contribution in [2.75, 3.05) is 36.4 Å². The number of hydrogen-bond acceptors (Lipinski definition) is 4. The number of piperazine rings is 1. The monoisotopic (exact) mass is 436 g/mol. The van der Waals surface area contributed by atoms with Gasteiger partial charge < -0.3 is 10.2 Å². The third-order valence-corrected chi connectivity index (χ3v) is 5.69. The lowest BCUT2D eigenvalue weighted by molar-refractivity contribution is -0.246. The van der Waals surface area contributed by atoms with Crippen molar-refractivity contribution in [2.45, 2.75) is 12.3 Å². The van der Waals surface area contributed by atoms with Crippen molar-refractivity contribution in [3.63, 3.8) is 0 Å². The van der Waals surface area contributed by atoms with Gasteiger partial charge >= 0.3 is 6.30 Å². The molecule has 1 N–H and O–H groups in total. The number of anilines is 2. The van der Waals surface area contributed by atoms with Crippen molar-refractivity contribution < 1.29 is 13.2 Å². The maximum Gasteiger partial charge on any atom is 0.460 e. The number of hydrogen-bond donors (Lipinski definition) is 1. The minimum atomic E-state index is -4.30. The molecule has 4 rings (SSSR count). The van der Waals surface area contributed by atoms with E-state index in [-0.39, 0.29) is 32.2 Å². The third kappa shape index (κ3) is 4.87. The van der Waals surface area contributed by atoms with Gasteiger partial charge in [-0.25, -0.2) is 4.90 Å². The van der Waals surface area contributed by atoms with E-state index < -0.39 is 6.30 Å². The third-order valence-electron chi connectivity index (χ3n) is 5.69. The minimum Gasteiger partial charge on any atom is -0.373 e. The fraction of sp³-hybridized carbons (Fsp3) is 0.240. The van der Waals surface area contributed by atoms with E-state index in [1.54, 1.807) is 12.1 Å². The Morgan fingerprint density at radius 3 is 1.88 bits per heavy atom. The summed E-state index contributed by atoms with van der Waals surface area (Å²) in [5.41, 5.74) is 4.03. The van der Waals surface area contributed by atoms with Crippen LogP contribution in [0.25, 0.3) is 0 Å². The van der Waals surface area contributed by atoms with Gasteiger partial charge in [-0.3, -0.25) is 0 Å². The smallest absolute Gasteiger partial charge is 0.373 e. The zero-order chi connectivity index (χ0) is 22.6. The summed E-state index contributed by atoms with van der Waals surface area (Å²) < 4.78 is 38.9. The summed E-state index contributed by atoms with van der Waals surface area (Å²) in [7, 11) is 0. The molecule has 0 saturated carbocycles. The summed E-state index contributed by atoms with van der Waals surface area (Å²) >= 11 is 0. The van der Waals surface area contributed by atoms with E-state index in [1.165, 1.54) is 0 Å². The number of nitriles is 1. The molecule has 1 heterocycles. The van der Waals surface area contributed by atoms with Crippen LogP contribution in [0.1, 0.15) is 22.7 Å². The normalized spacial score (nSPS) is 14.9. The Bertz CT molecular complexity index is 1030. The molecular formula is C25H23F3N4. The summed E-state index contributed by atoms with van der Waals surface area (Å²) in [6, 6.07) is 27.3. The van der Waals surface area contributed by atoms with Crippen molar-refractivity contribution in [2.24, 2.45) is 0 Å². The van der Waals surface area contributed by atoms with Gasteiger partial charge in [-0.2, -0.15) is 18.4 Å². The highest BCUT2D eigenvalue weighted by Gasteiger charge is 2.38. The molecule has 1 saturated heterocycles. The molecule has 1 aliphatic rings. The summed E-state index contributed by atoms with van der Waals surface area (Å²) in [5.74, 6) is 0. The fourth-order valence-corrected chi connectivity index (χ4v) is 3.97. The molecule has 1 fully saturated rings. The van der Waals surface area contributed by atoms with E-state index in [2.05, 4.69) is 11.4 Å². The Balaban J connectivity index is 1.62. The zero-order valence-electron chi connectivity index (χ0n) is 17.4. The van der Waals surface area contributed by atoms with E-state index in [4.69, 9.17) is 0 Å². The Morgan fingerprint density at radius 1 is 0.812 bits per heavy atom. The van der Waals surface area contributed by atoms with Crippen LogP contribution < -0.4 is 10.2 Å². The van der Waals surface area contributed by atoms with Crippen LogP contribution in [0.5, 0.6) is 0 Å². The topological polar surface area (TPSA) is 42.3 Å². The van der Waals surface area contributed by atoms with Crippen molar-refractivity contribution >= 4 is 11.4 Å². The van der Waals surface area contributed by atoms with E-state index in [0.29, 0.717) is 16.2 Å². The van der Waals surface area contributed by atoms with E-state index in [0.717, 1.165) is 16.8 Å². The molecule has 3 aromatic carbocycles. The first-order valence-electron chi connectivity index (χ1n) is 10.4. The van der Waals surface area contributed by atoms with Crippen LogP contribution in [0, 0.1) is 11.3 Å². The molecule has 0 aliphatic carbocycles. The molecule has 7 heteroatoms. The van der Waals surface area contributed by atoms with Crippen LogP contribution in [0.2, 0.25) is 0 Å². The molecular weight excluding hydrogens is 413 g/mol. The second-order valence-electron chi connectivity index (χ2n) is 7.68. The second kappa shape index (κ2) is 9.33. The lowest BCUT2D eigenvalue weighted by Crippen LogP contribution is -2.51. The Labute approximate surface area is 185 Å². The maximum absolute atomic E-state index is 13.0. The van der Waals surface area contributed by atoms with Crippen LogP contribution in [0.15, 0.2) is 78.9 Å². The van der Waals surface area contributed by atoms with Crippen molar-refractivity contribution in [3.8, 4) is 6.07 Å². The van der Waals surface area contributed by atoms with Crippen LogP contribution in [-0.4, -0.2) is 37.4 Å². The molecule has 3 aromatic rings. The standard InChI is InChI=1S/C25H23F3N4/c26-25(27,28)32-15-13-31(14-16-32)22-12-11-21(18-29)23(17-22)30-24(19-7-3-1-4-8-19)20-9-5-2-6-10-20/h1-12,17,24,30H,13-16H2. The summed E-state index contributed by atoms with van der Waals surface area (Å²) in [6.07, 6.45) is -4.30. The van der Waals surface area contributed by atoms with Crippen molar-refractivity contribution in [1.29, 1.82) is 5.26 Å². The predicted octanol–water partition coefficient (Wildman–Crippen LogP) is 5.40. The molecule has 0 spiro atoms. The van der Waals surface area contributed by atoms with Crippen molar-refractivity contribution in [3.05, 3.63) is 95.6 Å². The molecule has 0 unspecified atom stereocenters. The number of halogens is 3. The number of benzene rings is 3. The van der Waals surface area contributed by atoms with Crippen LogP contribution in [-0.2, 0) is 0 Å². The molecule has 0 amide bonds. The highest BCUT2D eigenvalue weighted by molar-refractivity contribution is 5.67. The molecule has 4 nitrogen and oxygen atoms in total. The van der Waals surface area contributed by atoms with Gasteiger partial charge in [0.1, 0.15) is 6.07 Å². The number of nitrogens with zero attached hydrogens (tertiary/aromatic N) is 3. The number of alkyl halides is 3. The van der Waals surface area contributed by atoms with Crippen LogP contribution in [0.3, 0.4) is 0 Å². The average Bonchev–Trinajstić information content (AvgIpc) is 2.83. The quantitative estimate of drug-likeness (QED) is 0.544. The van der Waals surface area contributed by atoms with Gasteiger partial charge in [-0.15, -0.1) is 0 Å². The molecule has 164 valence electrons. The Morgan fingerprint density at radius 2 is 1.38 bits per heavy atom. The Kier molecular flexibility index (Phi) is 6.33. The van der Waals surface area contributed by atoms with Gasteiger partial charge in [0.15, 0.2) is 0 Å². The van der Waals surface area contributed by atoms with Crippen LogP contribution in [0.4, 0.5) is 24.5 Å². The van der Waals surface area contributed by atoms with E-state index in [9.17, 15) is 18.4 Å². The highest BCUT2D eigenvalue weighted by atomic mass is 19.4.